The van der Waals surface area contributed by atoms with Crippen LogP contribution in [0.5, 0.6) is 0 Å². The molecule has 0 amide bonds. The third kappa shape index (κ3) is 3.79. The number of fused-ring (bicyclic) bond motifs is 12. The molecule has 0 radical (unpaired) electrons. The van der Waals surface area contributed by atoms with Gasteiger partial charge in [0.05, 0.1) is 11.0 Å². The van der Waals surface area contributed by atoms with Crippen molar-refractivity contribution in [1.82, 2.24) is 9.97 Å². The molecule has 11 rings (SSSR count). The van der Waals surface area contributed by atoms with Crippen LogP contribution in [-0.4, -0.2) is 9.97 Å². The second kappa shape index (κ2) is 10.4. The van der Waals surface area contributed by atoms with Gasteiger partial charge in [-0.2, -0.15) is 0 Å². The van der Waals surface area contributed by atoms with Crippen LogP contribution in [0.15, 0.2) is 170 Å². The Bertz CT molecular complexity index is 3100. The van der Waals surface area contributed by atoms with E-state index in [1.54, 1.807) is 0 Å². The van der Waals surface area contributed by atoms with E-state index in [9.17, 15) is 0 Å². The Morgan fingerprint density at radius 1 is 0.280 bits per heavy atom. The molecule has 2 N–H and O–H groups in total. The predicted octanol–water partition coefficient (Wildman–Crippen LogP) is 13.4. The van der Waals surface area contributed by atoms with E-state index in [1.807, 2.05) is 0 Å². The maximum absolute atomic E-state index is 3.93. The highest BCUT2D eigenvalue weighted by Crippen LogP contribution is 2.51. The third-order valence-electron chi connectivity index (χ3n) is 10.7. The zero-order valence-corrected chi connectivity index (χ0v) is 27.2. The molecule has 232 valence electrons. The van der Waals surface area contributed by atoms with Crippen molar-refractivity contribution in [3.63, 3.8) is 0 Å². The van der Waals surface area contributed by atoms with Crippen molar-refractivity contribution < 1.29 is 0 Å². The third-order valence-corrected chi connectivity index (χ3v) is 10.7. The summed E-state index contributed by atoms with van der Waals surface area (Å²) in [4.78, 5) is 7.79. The highest BCUT2D eigenvalue weighted by atomic mass is 14.7. The fourth-order valence-electron chi connectivity index (χ4n) is 8.63. The molecule has 0 unspecified atom stereocenters. The van der Waals surface area contributed by atoms with E-state index in [0.29, 0.717) is 0 Å². The van der Waals surface area contributed by atoms with Crippen LogP contribution in [0.2, 0.25) is 0 Å². The van der Waals surface area contributed by atoms with Gasteiger partial charge in [0.25, 0.3) is 0 Å². The van der Waals surface area contributed by atoms with Gasteiger partial charge in [-0.15, -0.1) is 0 Å². The first-order valence-electron chi connectivity index (χ1n) is 17.3. The van der Waals surface area contributed by atoms with Crippen LogP contribution in [0.25, 0.3) is 109 Å². The van der Waals surface area contributed by atoms with Crippen molar-refractivity contribution in [3.8, 4) is 33.4 Å². The number of nitrogens with one attached hydrogen (secondary N) is 2. The van der Waals surface area contributed by atoms with Gasteiger partial charge in [-0.05, 0) is 67.2 Å². The summed E-state index contributed by atoms with van der Waals surface area (Å²) in [5.74, 6) is 0. The van der Waals surface area contributed by atoms with Gasteiger partial charge >= 0.3 is 0 Å². The zero-order chi connectivity index (χ0) is 32.8. The molecule has 11 aromatic rings. The predicted molar refractivity (Wildman–Crippen MR) is 214 cm³/mol. The molecule has 0 aliphatic rings. The highest BCUT2D eigenvalue weighted by Gasteiger charge is 2.25. The van der Waals surface area contributed by atoms with Gasteiger partial charge in [-0.1, -0.05) is 152 Å². The van der Waals surface area contributed by atoms with Gasteiger partial charge in [0.15, 0.2) is 0 Å². The highest BCUT2D eigenvalue weighted by molar-refractivity contribution is 6.31. The topological polar surface area (TPSA) is 31.6 Å². The number of hydrogen-bond acceptors (Lipinski definition) is 0. The van der Waals surface area contributed by atoms with E-state index in [2.05, 4.69) is 180 Å². The first-order valence-corrected chi connectivity index (χ1v) is 17.3. The summed E-state index contributed by atoms with van der Waals surface area (Å²) in [6, 6.07) is 62.1. The van der Waals surface area contributed by atoms with Crippen LogP contribution >= 0.6 is 0 Å². The second-order valence-corrected chi connectivity index (χ2v) is 13.4. The number of benzene rings is 9. The van der Waals surface area contributed by atoms with E-state index >= 15 is 0 Å². The number of hydrogen-bond donors (Lipinski definition) is 2. The van der Waals surface area contributed by atoms with Gasteiger partial charge in [0, 0.05) is 49.3 Å². The van der Waals surface area contributed by atoms with Gasteiger partial charge in [0.1, 0.15) is 0 Å². The van der Waals surface area contributed by atoms with Gasteiger partial charge in [-0.25, -0.2) is 0 Å². The summed E-state index contributed by atoms with van der Waals surface area (Å²) in [6.07, 6.45) is 0. The average Bonchev–Trinajstić information content (AvgIpc) is 3.76. The van der Waals surface area contributed by atoms with Crippen molar-refractivity contribution in [2.24, 2.45) is 0 Å². The van der Waals surface area contributed by atoms with Gasteiger partial charge in [-0.3, -0.25) is 0 Å². The Kier molecular flexibility index (Phi) is 5.70. The van der Waals surface area contributed by atoms with Crippen LogP contribution in [-0.2, 0) is 0 Å². The molecule has 2 heteroatoms. The van der Waals surface area contributed by atoms with Crippen molar-refractivity contribution >= 4 is 75.9 Å². The molecule has 0 spiro atoms. The molecule has 2 aromatic heterocycles. The van der Waals surface area contributed by atoms with Crippen LogP contribution in [0.1, 0.15) is 0 Å². The Morgan fingerprint density at radius 2 is 0.760 bits per heavy atom. The van der Waals surface area contributed by atoms with Crippen molar-refractivity contribution in [3.05, 3.63) is 170 Å². The molecular formula is C48H30N2. The second-order valence-electron chi connectivity index (χ2n) is 13.4. The molecule has 0 fully saturated rings. The van der Waals surface area contributed by atoms with E-state index < -0.39 is 0 Å². The first-order chi connectivity index (χ1) is 24.8. The quantitative estimate of drug-likeness (QED) is 0.181. The summed E-state index contributed by atoms with van der Waals surface area (Å²) >= 11 is 0. The van der Waals surface area contributed by atoms with Crippen molar-refractivity contribution in [2.75, 3.05) is 0 Å². The Balaban J connectivity index is 1.41. The molecule has 0 saturated carbocycles. The minimum absolute atomic E-state index is 1.14. The van der Waals surface area contributed by atoms with E-state index in [-0.39, 0.29) is 0 Å². The molecule has 2 heterocycles. The summed E-state index contributed by atoms with van der Waals surface area (Å²) in [5, 5.41) is 12.6. The normalized spacial score (nSPS) is 12.0. The Labute approximate surface area is 288 Å². The number of rotatable bonds is 3. The largest absolute Gasteiger partial charge is 0.354 e. The lowest BCUT2D eigenvalue weighted by atomic mass is 9.82. The van der Waals surface area contributed by atoms with Crippen LogP contribution in [0.3, 0.4) is 0 Å². The standard InChI is InChI=1S/C48H30N2/c1-2-14-29(15-3-1)40-28-41-34-20-9-11-27-43(34)50-48(41)46(39-25-13-23-37-33-19-8-10-26-42(33)49-47(37)39)45(40)38-24-12-22-36-32-17-5-4-16-30(32)31-18-6-7-21-35(31)44(36)38/h1-28,49-50H. The minimum atomic E-state index is 1.14. The number of aromatic nitrogens is 2. The van der Waals surface area contributed by atoms with Crippen LogP contribution in [0, 0.1) is 0 Å². The van der Waals surface area contributed by atoms with E-state index in [1.165, 1.54) is 87.2 Å². The van der Waals surface area contributed by atoms with Crippen molar-refractivity contribution in [2.45, 2.75) is 0 Å². The summed E-state index contributed by atoms with van der Waals surface area (Å²) in [5.41, 5.74) is 11.8. The monoisotopic (exact) mass is 634 g/mol. The lowest BCUT2D eigenvalue weighted by Gasteiger charge is -2.21. The lowest BCUT2D eigenvalue weighted by molar-refractivity contribution is 1.51. The maximum Gasteiger partial charge on any atom is 0.0552 e. The fourth-order valence-corrected chi connectivity index (χ4v) is 8.63. The summed E-state index contributed by atoms with van der Waals surface area (Å²) in [6.45, 7) is 0. The smallest absolute Gasteiger partial charge is 0.0552 e. The summed E-state index contributed by atoms with van der Waals surface area (Å²) < 4.78 is 0. The molecule has 0 bridgehead atoms. The molecular weight excluding hydrogens is 605 g/mol. The summed E-state index contributed by atoms with van der Waals surface area (Å²) in [7, 11) is 0. The lowest BCUT2D eigenvalue weighted by Crippen LogP contribution is -1.95. The van der Waals surface area contributed by atoms with E-state index in [0.717, 1.165) is 22.1 Å². The first kappa shape index (κ1) is 27.3. The molecule has 0 aliphatic heterocycles. The van der Waals surface area contributed by atoms with Crippen LogP contribution in [0.4, 0.5) is 0 Å². The van der Waals surface area contributed by atoms with Crippen molar-refractivity contribution in [1.29, 1.82) is 0 Å². The molecule has 0 atom stereocenters. The van der Waals surface area contributed by atoms with Gasteiger partial charge < -0.3 is 9.97 Å². The molecule has 0 saturated heterocycles. The molecule has 50 heavy (non-hydrogen) atoms. The zero-order valence-electron chi connectivity index (χ0n) is 27.2. The minimum Gasteiger partial charge on any atom is -0.354 e. The number of aromatic amines is 2. The molecule has 2 nitrogen and oxygen atoms in total. The average molecular weight is 635 g/mol. The number of H-pyrrole nitrogens is 2. The fraction of sp³-hybridized carbons (Fsp3) is 0. The maximum atomic E-state index is 3.93. The molecule has 9 aromatic carbocycles. The SMILES string of the molecule is c1ccc(-c2cc3c([nH]c4ccccc43)c(-c3cccc4c3[nH]c3ccccc34)c2-c2cccc3c4ccccc4c4ccccc4c23)cc1. The Hall–Kier alpha value is -6.64. The molecule has 0 aliphatic carbocycles. The Morgan fingerprint density at radius 3 is 1.44 bits per heavy atom. The van der Waals surface area contributed by atoms with Gasteiger partial charge in [0.2, 0.25) is 0 Å². The van der Waals surface area contributed by atoms with E-state index in [4.69, 9.17) is 0 Å². The number of para-hydroxylation sites is 3. The van der Waals surface area contributed by atoms with Crippen LogP contribution < -0.4 is 0 Å².